The van der Waals surface area contributed by atoms with Crippen molar-refractivity contribution in [2.45, 2.75) is 32.2 Å². The quantitative estimate of drug-likeness (QED) is 0.783. The van der Waals surface area contributed by atoms with Crippen molar-refractivity contribution >= 4 is 5.91 Å². The van der Waals surface area contributed by atoms with E-state index < -0.39 is 0 Å². The molecule has 0 spiro atoms. The summed E-state index contributed by atoms with van der Waals surface area (Å²) in [6, 6.07) is 4.02. The molecule has 7 nitrogen and oxygen atoms in total. The van der Waals surface area contributed by atoms with Gasteiger partial charge in [0.1, 0.15) is 5.82 Å². The van der Waals surface area contributed by atoms with E-state index in [-0.39, 0.29) is 5.91 Å². The molecule has 26 heavy (non-hydrogen) atoms. The minimum absolute atomic E-state index is 0.0183. The topological polar surface area (TPSA) is 79.7 Å². The van der Waals surface area contributed by atoms with Crippen LogP contribution in [-0.2, 0) is 6.54 Å². The first-order valence-electron chi connectivity index (χ1n) is 8.91. The molecule has 1 N–H and O–H groups in total. The number of nitrogens with zero attached hydrogens (tertiary/aromatic N) is 5. The lowest BCUT2D eigenvalue weighted by Crippen LogP contribution is -2.38. The molecule has 1 amide bonds. The van der Waals surface area contributed by atoms with E-state index in [0.717, 1.165) is 49.6 Å². The summed E-state index contributed by atoms with van der Waals surface area (Å²) in [6.45, 7) is 4.12. The van der Waals surface area contributed by atoms with Crippen LogP contribution in [0.5, 0.6) is 0 Å². The number of likely N-dealkylation sites (tertiary alicyclic amines) is 1. The summed E-state index contributed by atoms with van der Waals surface area (Å²) in [4.78, 5) is 30.3. The predicted molar refractivity (Wildman–Crippen MR) is 96.8 cm³/mol. The molecule has 0 radical (unpaired) electrons. The molecular weight excluding hydrogens is 328 g/mol. The first-order valence-corrected chi connectivity index (χ1v) is 8.91. The number of aryl methyl sites for hydroxylation is 1. The number of hydrogen-bond donors (Lipinski definition) is 1. The van der Waals surface area contributed by atoms with Crippen molar-refractivity contribution in [3.8, 4) is 0 Å². The fraction of sp³-hybridized carbons (Fsp3) is 0.368. The summed E-state index contributed by atoms with van der Waals surface area (Å²) in [5.41, 5.74) is 2.06. The molecule has 1 saturated heterocycles. The second-order valence-corrected chi connectivity index (χ2v) is 6.76. The van der Waals surface area contributed by atoms with Crippen LogP contribution in [0.3, 0.4) is 0 Å². The minimum atomic E-state index is -0.0183. The van der Waals surface area contributed by atoms with E-state index in [1.807, 2.05) is 36.5 Å². The van der Waals surface area contributed by atoms with E-state index in [4.69, 9.17) is 0 Å². The van der Waals surface area contributed by atoms with Crippen molar-refractivity contribution in [3.63, 3.8) is 0 Å². The van der Waals surface area contributed by atoms with Gasteiger partial charge < -0.3 is 14.5 Å². The van der Waals surface area contributed by atoms with Gasteiger partial charge in [-0.25, -0.2) is 9.97 Å². The largest absolute Gasteiger partial charge is 0.338 e. The maximum Gasteiger partial charge on any atom is 0.289 e. The summed E-state index contributed by atoms with van der Waals surface area (Å²) in [5, 5.41) is 0. The summed E-state index contributed by atoms with van der Waals surface area (Å²) in [6.07, 6.45) is 11.1. The van der Waals surface area contributed by atoms with Crippen LogP contribution < -0.4 is 0 Å². The van der Waals surface area contributed by atoms with Crippen molar-refractivity contribution in [1.82, 2.24) is 29.4 Å². The van der Waals surface area contributed by atoms with Gasteiger partial charge in [-0.15, -0.1) is 0 Å². The molecule has 1 fully saturated rings. The number of nitrogens with one attached hydrogen (secondary N) is 1. The van der Waals surface area contributed by atoms with Crippen molar-refractivity contribution in [2.75, 3.05) is 13.1 Å². The molecule has 7 heteroatoms. The highest BCUT2D eigenvalue weighted by Gasteiger charge is 2.28. The Balaban J connectivity index is 1.41. The highest BCUT2D eigenvalue weighted by Crippen LogP contribution is 2.27. The number of amides is 1. The second kappa shape index (κ2) is 7.11. The standard InChI is InChI=1S/C19H22N6O/c1-14-11-22-17(23-14)19(26)24-8-4-16(5-9-24)18-21-7-10-25(18)13-15-3-2-6-20-12-15/h2-3,6-7,10-12,16H,4-5,8-9,13H2,1H3,(H,22,23). The van der Waals surface area contributed by atoms with Gasteiger partial charge >= 0.3 is 0 Å². The third-order valence-electron chi connectivity index (χ3n) is 4.88. The Bertz CT molecular complexity index is 876. The van der Waals surface area contributed by atoms with Crippen molar-refractivity contribution < 1.29 is 4.79 Å². The number of carbonyl (C=O) groups excluding carboxylic acids is 1. The van der Waals surface area contributed by atoms with Crippen LogP contribution >= 0.6 is 0 Å². The first-order chi connectivity index (χ1) is 12.7. The fourth-order valence-corrected chi connectivity index (χ4v) is 3.51. The van der Waals surface area contributed by atoms with Gasteiger partial charge in [-0.05, 0) is 31.4 Å². The second-order valence-electron chi connectivity index (χ2n) is 6.76. The van der Waals surface area contributed by atoms with Gasteiger partial charge in [-0.2, -0.15) is 0 Å². The molecular formula is C19H22N6O. The van der Waals surface area contributed by atoms with Gasteiger partial charge in [0.15, 0.2) is 5.82 Å². The Morgan fingerprint density at radius 1 is 1.23 bits per heavy atom. The maximum atomic E-state index is 12.5. The van der Waals surface area contributed by atoms with Gasteiger partial charge in [-0.1, -0.05) is 6.07 Å². The van der Waals surface area contributed by atoms with Crippen LogP contribution in [0.2, 0.25) is 0 Å². The molecule has 3 aromatic rings. The predicted octanol–water partition coefficient (Wildman–Crippen LogP) is 2.38. The summed E-state index contributed by atoms with van der Waals surface area (Å²) in [5.74, 6) is 1.87. The number of carbonyl (C=O) groups is 1. The van der Waals surface area contributed by atoms with E-state index in [1.54, 1.807) is 12.4 Å². The zero-order valence-corrected chi connectivity index (χ0v) is 14.8. The van der Waals surface area contributed by atoms with Crippen molar-refractivity contribution in [2.24, 2.45) is 0 Å². The molecule has 1 aliphatic rings. The number of aromatic amines is 1. The molecule has 0 bridgehead atoms. The molecule has 0 aromatic carbocycles. The normalized spacial score (nSPS) is 15.3. The zero-order valence-electron chi connectivity index (χ0n) is 14.8. The summed E-state index contributed by atoms with van der Waals surface area (Å²) < 4.78 is 2.19. The van der Waals surface area contributed by atoms with Gasteiger partial charge in [0.2, 0.25) is 0 Å². The Labute approximate surface area is 152 Å². The molecule has 0 unspecified atom stereocenters. The van der Waals surface area contributed by atoms with Gasteiger partial charge in [-0.3, -0.25) is 9.78 Å². The van der Waals surface area contributed by atoms with Gasteiger partial charge in [0.05, 0.1) is 6.54 Å². The monoisotopic (exact) mass is 350 g/mol. The molecule has 1 aliphatic heterocycles. The Morgan fingerprint density at radius 2 is 2.08 bits per heavy atom. The van der Waals surface area contributed by atoms with Gasteiger partial charge in [0.25, 0.3) is 5.91 Å². The third-order valence-corrected chi connectivity index (χ3v) is 4.88. The number of hydrogen-bond acceptors (Lipinski definition) is 4. The Hall–Kier alpha value is -2.96. The average Bonchev–Trinajstić information content (AvgIpc) is 3.31. The van der Waals surface area contributed by atoms with Crippen LogP contribution in [0.15, 0.2) is 43.1 Å². The van der Waals surface area contributed by atoms with Crippen molar-refractivity contribution in [1.29, 1.82) is 0 Å². The number of H-pyrrole nitrogens is 1. The summed E-state index contributed by atoms with van der Waals surface area (Å²) >= 11 is 0. The van der Waals surface area contributed by atoms with E-state index in [9.17, 15) is 4.79 Å². The lowest BCUT2D eigenvalue weighted by atomic mass is 9.95. The van der Waals surface area contributed by atoms with Crippen LogP contribution in [0, 0.1) is 6.92 Å². The van der Waals surface area contributed by atoms with Crippen molar-refractivity contribution in [3.05, 3.63) is 66.0 Å². The molecule has 4 heterocycles. The first kappa shape index (κ1) is 16.5. The zero-order chi connectivity index (χ0) is 17.9. The van der Waals surface area contributed by atoms with Crippen LogP contribution in [0.1, 0.15) is 46.5 Å². The smallest absolute Gasteiger partial charge is 0.289 e. The van der Waals surface area contributed by atoms with E-state index in [2.05, 4.69) is 30.6 Å². The molecule has 0 saturated carbocycles. The fourth-order valence-electron chi connectivity index (χ4n) is 3.51. The number of pyridine rings is 1. The van der Waals surface area contributed by atoms with E-state index in [1.165, 1.54) is 0 Å². The Kier molecular flexibility index (Phi) is 4.51. The minimum Gasteiger partial charge on any atom is -0.338 e. The number of aromatic nitrogens is 5. The Morgan fingerprint density at radius 3 is 2.77 bits per heavy atom. The van der Waals surface area contributed by atoms with E-state index in [0.29, 0.717) is 11.7 Å². The molecule has 134 valence electrons. The highest BCUT2D eigenvalue weighted by atomic mass is 16.2. The SMILES string of the molecule is Cc1cnc(C(=O)N2CCC(c3nccn3Cc3cccnc3)CC2)[nH]1. The lowest BCUT2D eigenvalue weighted by molar-refractivity contribution is 0.0699. The molecule has 0 atom stereocenters. The van der Waals surface area contributed by atoms with Crippen LogP contribution in [0.4, 0.5) is 0 Å². The van der Waals surface area contributed by atoms with Gasteiger partial charge in [0, 0.05) is 55.7 Å². The third kappa shape index (κ3) is 3.37. The number of imidazole rings is 2. The average molecular weight is 350 g/mol. The summed E-state index contributed by atoms with van der Waals surface area (Å²) in [7, 11) is 0. The lowest BCUT2D eigenvalue weighted by Gasteiger charge is -2.31. The van der Waals surface area contributed by atoms with Crippen LogP contribution in [-0.4, -0.2) is 48.4 Å². The number of piperidine rings is 1. The molecule has 3 aromatic heterocycles. The molecule has 0 aliphatic carbocycles. The molecule has 4 rings (SSSR count). The van der Waals surface area contributed by atoms with E-state index >= 15 is 0 Å². The highest BCUT2D eigenvalue weighted by molar-refractivity contribution is 5.90. The number of rotatable bonds is 4. The van der Waals surface area contributed by atoms with Crippen LogP contribution in [0.25, 0.3) is 0 Å². The maximum absolute atomic E-state index is 12.5.